The number of ether oxygens (including phenoxy) is 1. The molecule has 1 aromatic carbocycles. The molecule has 0 heterocycles. The van der Waals surface area contributed by atoms with Crippen LogP contribution >= 0.6 is 0 Å². The van der Waals surface area contributed by atoms with E-state index in [-0.39, 0.29) is 5.97 Å². The molecular formula is C13H16O2. The monoisotopic (exact) mass is 204 g/mol. The van der Waals surface area contributed by atoms with E-state index >= 15 is 0 Å². The molecule has 0 aliphatic heterocycles. The first-order valence-electron chi connectivity index (χ1n) is 5.09. The van der Waals surface area contributed by atoms with Gasteiger partial charge in [0.15, 0.2) is 0 Å². The first-order chi connectivity index (χ1) is 7.15. The van der Waals surface area contributed by atoms with Gasteiger partial charge in [0.05, 0.1) is 0 Å². The lowest BCUT2D eigenvalue weighted by molar-refractivity contribution is -0.130. The van der Waals surface area contributed by atoms with Crippen LogP contribution in [-0.2, 0) is 4.79 Å². The molecule has 0 saturated carbocycles. The minimum Gasteiger partial charge on any atom is -0.423 e. The number of para-hydroxylation sites is 1. The van der Waals surface area contributed by atoms with Crippen molar-refractivity contribution in [2.24, 2.45) is 0 Å². The molecule has 1 aromatic rings. The van der Waals surface area contributed by atoms with E-state index in [9.17, 15) is 4.79 Å². The summed E-state index contributed by atoms with van der Waals surface area (Å²) in [6.07, 6.45) is 2.70. The smallest absolute Gasteiger partial charge is 0.338 e. The number of hydrogen-bond acceptors (Lipinski definition) is 2. The molecular weight excluding hydrogens is 188 g/mol. The van der Waals surface area contributed by atoms with E-state index < -0.39 is 0 Å². The second kappa shape index (κ2) is 5.35. The summed E-state index contributed by atoms with van der Waals surface area (Å²) in [6.45, 7) is 5.68. The molecule has 0 bridgehead atoms. The maximum atomic E-state index is 11.6. The molecule has 0 atom stereocenters. The van der Waals surface area contributed by atoms with E-state index in [1.54, 1.807) is 13.0 Å². The first-order valence-corrected chi connectivity index (χ1v) is 5.09. The molecule has 2 nitrogen and oxygen atoms in total. The van der Waals surface area contributed by atoms with Crippen LogP contribution in [0.2, 0.25) is 0 Å². The van der Waals surface area contributed by atoms with Gasteiger partial charge in [-0.2, -0.15) is 0 Å². The number of rotatable bonds is 3. The third kappa shape index (κ3) is 3.24. The zero-order valence-electron chi connectivity index (χ0n) is 9.41. The van der Waals surface area contributed by atoms with Gasteiger partial charge in [-0.3, -0.25) is 0 Å². The van der Waals surface area contributed by atoms with Gasteiger partial charge in [-0.15, -0.1) is 0 Å². The van der Waals surface area contributed by atoms with Gasteiger partial charge in [0.2, 0.25) is 0 Å². The minimum absolute atomic E-state index is 0.272. The fraction of sp³-hybridized carbons (Fsp3) is 0.308. The Morgan fingerprint density at radius 1 is 1.40 bits per heavy atom. The topological polar surface area (TPSA) is 26.3 Å². The maximum Gasteiger partial charge on any atom is 0.338 e. The molecule has 0 N–H and O–H groups in total. The Morgan fingerprint density at radius 3 is 2.67 bits per heavy atom. The van der Waals surface area contributed by atoms with Gasteiger partial charge in [0, 0.05) is 5.57 Å². The van der Waals surface area contributed by atoms with Crippen molar-refractivity contribution in [1.82, 2.24) is 0 Å². The van der Waals surface area contributed by atoms with E-state index in [1.165, 1.54) is 0 Å². The number of esters is 1. The van der Waals surface area contributed by atoms with Gasteiger partial charge in [0.1, 0.15) is 5.75 Å². The van der Waals surface area contributed by atoms with Crippen molar-refractivity contribution in [1.29, 1.82) is 0 Å². The molecule has 0 aliphatic rings. The summed E-state index contributed by atoms with van der Waals surface area (Å²) < 4.78 is 5.25. The van der Waals surface area contributed by atoms with Crippen LogP contribution < -0.4 is 4.74 Å². The standard InChI is InChI=1S/C13H16O2/c1-4-7-11(3)13(14)15-12-9-6-5-8-10(12)2/h5-9H,4H2,1-3H3. The Bertz CT molecular complexity index is 378. The highest BCUT2D eigenvalue weighted by atomic mass is 16.5. The highest BCUT2D eigenvalue weighted by Crippen LogP contribution is 2.17. The Labute approximate surface area is 90.6 Å². The van der Waals surface area contributed by atoms with Gasteiger partial charge in [-0.1, -0.05) is 31.2 Å². The lowest BCUT2D eigenvalue weighted by Gasteiger charge is -2.06. The summed E-state index contributed by atoms with van der Waals surface area (Å²) in [7, 11) is 0. The second-order valence-electron chi connectivity index (χ2n) is 3.45. The molecule has 0 spiro atoms. The van der Waals surface area contributed by atoms with Crippen LogP contribution in [0.5, 0.6) is 5.75 Å². The molecule has 80 valence electrons. The molecule has 1 rings (SSSR count). The molecule has 0 aromatic heterocycles. The lowest BCUT2D eigenvalue weighted by Crippen LogP contribution is -2.09. The fourth-order valence-electron chi connectivity index (χ4n) is 1.24. The Hall–Kier alpha value is -1.57. The summed E-state index contributed by atoms with van der Waals surface area (Å²) in [5.41, 5.74) is 1.62. The van der Waals surface area contributed by atoms with E-state index in [2.05, 4.69) is 0 Å². The SMILES string of the molecule is CCC=C(C)C(=O)Oc1ccccc1C. The normalized spacial score (nSPS) is 11.3. The average Bonchev–Trinajstić information content (AvgIpc) is 2.21. The van der Waals surface area contributed by atoms with Gasteiger partial charge in [-0.25, -0.2) is 4.79 Å². The molecule has 0 saturated heterocycles. The number of benzene rings is 1. The third-order valence-corrected chi connectivity index (χ3v) is 2.13. The van der Waals surface area contributed by atoms with E-state index in [0.29, 0.717) is 11.3 Å². The predicted molar refractivity (Wildman–Crippen MR) is 60.9 cm³/mol. The molecule has 0 radical (unpaired) electrons. The Morgan fingerprint density at radius 2 is 2.07 bits per heavy atom. The first kappa shape index (κ1) is 11.5. The fourth-order valence-corrected chi connectivity index (χ4v) is 1.24. The summed E-state index contributed by atoms with van der Waals surface area (Å²) in [4.78, 5) is 11.6. The zero-order chi connectivity index (χ0) is 11.3. The third-order valence-electron chi connectivity index (χ3n) is 2.13. The van der Waals surface area contributed by atoms with E-state index in [0.717, 1.165) is 12.0 Å². The van der Waals surface area contributed by atoms with Crippen molar-refractivity contribution in [3.63, 3.8) is 0 Å². The summed E-state index contributed by atoms with van der Waals surface area (Å²) >= 11 is 0. The lowest BCUT2D eigenvalue weighted by atomic mass is 10.2. The van der Waals surface area contributed by atoms with Crippen molar-refractivity contribution < 1.29 is 9.53 Å². The van der Waals surface area contributed by atoms with E-state index in [4.69, 9.17) is 4.74 Å². The molecule has 0 aliphatic carbocycles. The number of carbonyl (C=O) groups excluding carboxylic acids is 1. The molecule has 15 heavy (non-hydrogen) atoms. The number of aryl methyl sites for hydroxylation is 1. The number of hydrogen-bond donors (Lipinski definition) is 0. The largest absolute Gasteiger partial charge is 0.423 e. The van der Waals surface area contributed by atoms with Crippen LogP contribution in [-0.4, -0.2) is 5.97 Å². The maximum absolute atomic E-state index is 11.6. The molecule has 2 heteroatoms. The van der Waals surface area contributed by atoms with Gasteiger partial charge in [-0.05, 0) is 31.9 Å². The zero-order valence-corrected chi connectivity index (χ0v) is 9.41. The van der Waals surface area contributed by atoms with Crippen molar-refractivity contribution >= 4 is 5.97 Å². The van der Waals surface area contributed by atoms with Crippen LogP contribution in [0.3, 0.4) is 0 Å². The van der Waals surface area contributed by atoms with Crippen molar-refractivity contribution in [3.8, 4) is 5.75 Å². The molecule has 0 amide bonds. The van der Waals surface area contributed by atoms with Crippen LogP contribution in [0.1, 0.15) is 25.8 Å². The highest BCUT2D eigenvalue weighted by molar-refractivity contribution is 5.89. The van der Waals surface area contributed by atoms with Crippen LogP contribution in [0.25, 0.3) is 0 Å². The van der Waals surface area contributed by atoms with Gasteiger partial charge < -0.3 is 4.74 Å². The quantitative estimate of drug-likeness (QED) is 0.429. The summed E-state index contributed by atoms with van der Waals surface area (Å²) in [6, 6.07) is 7.49. The van der Waals surface area contributed by atoms with Crippen LogP contribution in [0.4, 0.5) is 0 Å². The van der Waals surface area contributed by atoms with Crippen LogP contribution in [0, 0.1) is 6.92 Å². The Balaban J connectivity index is 2.75. The van der Waals surface area contributed by atoms with Crippen molar-refractivity contribution in [3.05, 3.63) is 41.5 Å². The molecule has 0 unspecified atom stereocenters. The average molecular weight is 204 g/mol. The summed E-state index contributed by atoms with van der Waals surface area (Å²) in [5.74, 6) is 0.359. The summed E-state index contributed by atoms with van der Waals surface area (Å²) in [5, 5.41) is 0. The minimum atomic E-state index is -0.272. The predicted octanol–water partition coefficient (Wildman–Crippen LogP) is 3.26. The van der Waals surface area contributed by atoms with Gasteiger partial charge in [0.25, 0.3) is 0 Å². The number of carbonyl (C=O) groups is 1. The van der Waals surface area contributed by atoms with E-state index in [1.807, 2.05) is 38.1 Å². The Kier molecular flexibility index (Phi) is 4.10. The van der Waals surface area contributed by atoms with Crippen molar-refractivity contribution in [2.45, 2.75) is 27.2 Å². The second-order valence-corrected chi connectivity index (χ2v) is 3.45. The number of allylic oxidation sites excluding steroid dienone is 1. The van der Waals surface area contributed by atoms with Crippen molar-refractivity contribution in [2.75, 3.05) is 0 Å². The van der Waals surface area contributed by atoms with Gasteiger partial charge >= 0.3 is 5.97 Å². The van der Waals surface area contributed by atoms with Crippen LogP contribution in [0.15, 0.2) is 35.9 Å². The highest BCUT2D eigenvalue weighted by Gasteiger charge is 2.07. The molecule has 0 fully saturated rings.